The van der Waals surface area contributed by atoms with Gasteiger partial charge in [-0.3, -0.25) is 0 Å². The first-order chi connectivity index (χ1) is 6.75. The van der Waals surface area contributed by atoms with Crippen LogP contribution >= 0.6 is 0 Å². The summed E-state index contributed by atoms with van der Waals surface area (Å²) in [5.41, 5.74) is 5.81. The van der Waals surface area contributed by atoms with Gasteiger partial charge >= 0.3 is 6.09 Å². The zero-order valence-electron chi connectivity index (χ0n) is 7.46. The Morgan fingerprint density at radius 3 is 3.00 bits per heavy atom. The molecule has 1 aromatic heterocycles. The van der Waals surface area contributed by atoms with Crippen LogP contribution in [0.15, 0.2) is 12.4 Å². The Labute approximate surface area is 80.2 Å². The summed E-state index contributed by atoms with van der Waals surface area (Å²) in [4.78, 5) is 12.2. The molecule has 2 atom stereocenters. The van der Waals surface area contributed by atoms with Crippen LogP contribution in [-0.2, 0) is 11.3 Å². The lowest BCUT2D eigenvalue weighted by Gasteiger charge is -2.15. The van der Waals surface area contributed by atoms with E-state index in [9.17, 15) is 4.79 Å². The molecule has 1 fully saturated rings. The van der Waals surface area contributed by atoms with E-state index in [0.717, 1.165) is 0 Å². The maximum atomic E-state index is 10.7. The fourth-order valence-electron chi connectivity index (χ4n) is 1.29. The molecule has 2 rings (SSSR count). The molecule has 1 aromatic rings. The molecule has 1 saturated heterocycles. The van der Waals surface area contributed by atoms with E-state index >= 15 is 0 Å². The van der Waals surface area contributed by atoms with Crippen molar-refractivity contribution in [2.24, 2.45) is 5.73 Å². The van der Waals surface area contributed by atoms with Gasteiger partial charge in [-0.25, -0.2) is 4.79 Å². The van der Waals surface area contributed by atoms with Gasteiger partial charge in [0, 0.05) is 0 Å². The Kier molecular flexibility index (Phi) is 2.32. The summed E-state index contributed by atoms with van der Waals surface area (Å²) in [5.74, 6) is 0. The first kappa shape index (κ1) is 8.95. The molecule has 0 aliphatic carbocycles. The third-order valence-electron chi connectivity index (χ3n) is 2.02. The number of nitrogens with one attached hydrogen (secondary N) is 1. The average Bonchev–Trinajstić information content (AvgIpc) is 2.75. The largest absolute Gasteiger partial charge is 0.443 e. The number of aromatic nitrogens is 3. The standard InChI is InChI=1S/C7H11N5O2/c8-5(4-12-10-1-2-11-12)6-3-9-7(13)14-6/h1-2,5-6H,3-4,8H2,(H,9,13)/t5?,6-/m1/s1. The molecule has 0 saturated carbocycles. The molecule has 0 spiro atoms. The number of ether oxygens (including phenoxy) is 1. The van der Waals surface area contributed by atoms with Crippen molar-refractivity contribution in [3.63, 3.8) is 0 Å². The second-order valence-electron chi connectivity index (χ2n) is 3.07. The number of nitrogens with zero attached hydrogens (tertiary/aromatic N) is 3. The molecule has 1 aliphatic heterocycles. The second kappa shape index (κ2) is 3.62. The fourth-order valence-corrected chi connectivity index (χ4v) is 1.29. The minimum atomic E-state index is -0.418. The zero-order chi connectivity index (χ0) is 9.97. The molecule has 7 heteroatoms. The summed E-state index contributed by atoms with van der Waals surface area (Å²) in [6, 6.07) is -0.290. The van der Waals surface area contributed by atoms with E-state index in [1.165, 1.54) is 4.80 Å². The highest BCUT2D eigenvalue weighted by atomic mass is 16.6. The Morgan fingerprint density at radius 1 is 1.71 bits per heavy atom. The molecule has 0 radical (unpaired) electrons. The van der Waals surface area contributed by atoms with E-state index in [-0.39, 0.29) is 12.1 Å². The van der Waals surface area contributed by atoms with Crippen molar-refractivity contribution >= 4 is 6.09 Å². The second-order valence-corrected chi connectivity index (χ2v) is 3.07. The molecule has 14 heavy (non-hydrogen) atoms. The van der Waals surface area contributed by atoms with Gasteiger partial charge in [0.05, 0.1) is 31.5 Å². The molecule has 1 unspecified atom stereocenters. The molecular formula is C7H11N5O2. The van der Waals surface area contributed by atoms with Crippen LogP contribution in [0.25, 0.3) is 0 Å². The number of cyclic esters (lactones) is 1. The Bertz CT molecular complexity index is 312. The molecule has 3 N–H and O–H groups in total. The van der Waals surface area contributed by atoms with Gasteiger partial charge in [0.1, 0.15) is 6.10 Å². The minimum absolute atomic E-state index is 0.290. The van der Waals surface area contributed by atoms with Crippen LogP contribution in [0, 0.1) is 0 Å². The lowest BCUT2D eigenvalue weighted by atomic mass is 10.2. The van der Waals surface area contributed by atoms with Crippen LogP contribution in [0.1, 0.15) is 0 Å². The number of nitrogens with two attached hydrogens (primary N) is 1. The first-order valence-electron chi connectivity index (χ1n) is 4.30. The van der Waals surface area contributed by atoms with Gasteiger partial charge in [-0.05, 0) is 0 Å². The predicted molar refractivity (Wildman–Crippen MR) is 46.3 cm³/mol. The van der Waals surface area contributed by atoms with E-state index in [2.05, 4.69) is 15.5 Å². The molecular weight excluding hydrogens is 186 g/mol. The van der Waals surface area contributed by atoms with E-state index in [0.29, 0.717) is 13.1 Å². The SMILES string of the molecule is NC(Cn1nccn1)[C@H]1CNC(=O)O1. The highest BCUT2D eigenvalue weighted by Crippen LogP contribution is 2.04. The Balaban J connectivity index is 1.89. The van der Waals surface area contributed by atoms with Gasteiger partial charge in [0.25, 0.3) is 0 Å². The van der Waals surface area contributed by atoms with Crippen molar-refractivity contribution in [2.45, 2.75) is 18.7 Å². The van der Waals surface area contributed by atoms with Crippen LogP contribution in [0.5, 0.6) is 0 Å². The lowest BCUT2D eigenvalue weighted by Crippen LogP contribution is -2.41. The van der Waals surface area contributed by atoms with Gasteiger partial charge < -0.3 is 15.8 Å². The zero-order valence-corrected chi connectivity index (χ0v) is 7.46. The van der Waals surface area contributed by atoms with E-state index in [1.54, 1.807) is 12.4 Å². The summed E-state index contributed by atoms with van der Waals surface area (Å²) in [6.45, 7) is 0.883. The summed E-state index contributed by atoms with van der Waals surface area (Å²) < 4.78 is 4.93. The summed E-state index contributed by atoms with van der Waals surface area (Å²) in [6.07, 6.45) is 2.43. The first-order valence-corrected chi connectivity index (χ1v) is 4.30. The predicted octanol–water partition coefficient (Wildman–Crippen LogP) is -1.29. The Morgan fingerprint density at radius 2 is 2.43 bits per heavy atom. The van der Waals surface area contributed by atoms with Crippen molar-refractivity contribution in [3.05, 3.63) is 12.4 Å². The summed E-state index contributed by atoms with van der Waals surface area (Å²) in [7, 11) is 0. The quantitative estimate of drug-likeness (QED) is 0.629. The van der Waals surface area contributed by atoms with Gasteiger partial charge in [-0.2, -0.15) is 15.0 Å². The van der Waals surface area contributed by atoms with Crippen molar-refractivity contribution in [1.29, 1.82) is 0 Å². The van der Waals surface area contributed by atoms with E-state index < -0.39 is 6.09 Å². The maximum absolute atomic E-state index is 10.7. The average molecular weight is 197 g/mol. The number of carbonyl (C=O) groups excluding carboxylic acids is 1. The van der Waals surface area contributed by atoms with Crippen LogP contribution in [-0.4, -0.2) is 39.8 Å². The molecule has 7 nitrogen and oxygen atoms in total. The van der Waals surface area contributed by atoms with Gasteiger partial charge in [0.2, 0.25) is 0 Å². The summed E-state index contributed by atoms with van der Waals surface area (Å²) in [5, 5.41) is 10.4. The number of hydrogen-bond acceptors (Lipinski definition) is 5. The molecule has 1 aliphatic rings. The maximum Gasteiger partial charge on any atom is 0.407 e. The highest BCUT2D eigenvalue weighted by molar-refractivity contribution is 5.69. The van der Waals surface area contributed by atoms with Gasteiger partial charge in [0.15, 0.2) is 0 Å². The molecule has 2 heterocycles. The monoisotopic (exact) mass is 197 g/mol. The third-order valence-corrected chi connectivity index (χ3v) is 2.02. The lowest BCUT2D eigenvalue weighted by molar-refractivity contribution is 0.119. The molecule has 76 valence electrons. The summed E-state index contributed by atoms with van der Waals surface area (Å²) >= 11 is 0. The molecule has 0 aromatic carbocycles. The van der Waals surface area contributed by atoms with E-state index in [1.807, 2.05) is 0 Å². The van der Waals surface area contributed by atoms with Crippen LogP contribution < -0.4 is 11.1 Å². The van der Waals surface area contributed by atoms with Crippen LogP contribution in [0.2, 0.25) is 0 Å². The third kappa shape index (κ3) is 1.82. The molecule has 1 amide bonds. The Hall–Kier alpha value is -1.63. The van der Waals surface area contributed by atoms with E-state index in [4.69, 9.17) is 10.5 Å². The molecule has 0 bridgehead atoms. The highest BCUT2D eigenvalue weighted by Gasteiger charge is 2.28. The topological polar surface area (TPSA) is 95.1 Å². The smallest absolute Gasteiger partial charge is 0.407 e. The number of rotatable bonds is 3. The van der Waals surface area contributed by atoms with Gasteiger partial charge in [-0.15, -0.1) is 0 Å². The van der Waals surface area contributed by atoms with Crippen LogP contribution in [0.4, 0.5) is 4.79 Å². The van der Waals surface area contributed by atoms with Gasteiger partial charge in [-0.1, -0.05) is 0 Å². The number of hydrogen-bond donors (Lipinski definition) is 2. The fraction of sp³-hybridized carbons (Fsp3) is 0.571. The van der Waals surface area contributed by atoms with Crippen molar-refractivity contribution in [1.82, 2.24) is 20.3 Å². The number of carbonyl (C=O) groups is 1. The minimum Gasteiger partial charge on any atom is -0.443 e. The van der Waals surface area contributed by atoms with Crippen LogP contribution in [0.3, 0.4) is 0 Å². The van der Waals surface area contributed by atoms with Crippen molar-refractivity contribution in [2.75, 3.05) is 6.54 Å². The number of alkyl carbamates (subject to hydrolysis) is 1. The number of amides is 1. The normalized spacial score (nSPS) is 22.9. The van der Waals surface area contributed by atoms with Crippen molar-refractivity contribution in [3.8, 4) is 0 Å². The van der Waals surface area contributed by atoms with Crippen molar-refractivity contribution < 1.29 is 9.53 Å².